The van der Waals surface area contributed by atoms with Crippen LogP contribution in [0.1, 0.15) is 45.4 Å². The Morgan fingerprint density at radius 3 is 2.96 bits per heavy atom. The lowest BCUT2D eigenvalue weighted by atomic mass is 9.73. The third kappa shape index (κ3) is 4.49. The van der Waals surface area contributed by atoms with E-state index in [0.717, 1.165) is 58.3 Å². The van der Waals surface area contributed by atoms with Crippen LogP contribution < -0.4 is 5.73 Å². The highest BCUT2D eigenvalue weighted by molar-refractivity contribution is 7.99. The van der Waals surface area contributed by atoms with E-state index in [9.17, 15) is 9.59 Å². The van der Waals surface area contributed by atoms with Crippen molar-refractivity contribution in [3.63, 3.8) is 0 Å². The van der Waals surface area contributed by atoms with E-state index >= 15 is 0 Å². The van der Waals surface area contributed by atoms with Crippen LogP contribution in [0, 0.1) is 5.41 Å². The molecule has 0 bridgehead atoms. The zero-order valence-corrected chi connectivity index (χ0v) is 16.2. The number of likely N-dealkylation sites (tertiary alicyclic amines) is 2. The summed E-state index contributed by atoms with van der Waals surface area (Å²) in [4.78, 5) is 32.9. The van der Waals surface area contributed by atoms with Crippen LogP contribution in [0.5, 0.6) is 0 Å². The Hall–Kier alpha value is -1.77. The van der Waals surface area contributed by atoms with Crippen LogP contribution in [0.2, 0.25) is 0 Å². The fourth-order valence-corrected chi connectivity index (χ4v) is 4.66. The predicted octanol–water partition coefficient (Wildman–Crippen LogP) is 1.51. The number of hydrogen-bond acceptors (Lipinski definition) is 6. The number of H-pyrrole nitrogens is 1. The number of nitrogen functional groups attached to an aromatic ring is 1. The molecule has 0 unspecified atom stereocenters. The fraction of sp³-hybridized carbons (Fsp3) is 0.765. The van der Waals surface area contributed by atoms with Crippen molar-refractivity contribution in [3.8, 4) is 0 Å². The molecule has 1 aromatic heterocycles. The summed E-state index contributed by atoms with van der Waals surface area (Å²) in [5, 5.41) is 7.02. The van der Waals surface area contributed by atoms with Crippen LogP contribution in [0.25, 0.3) is 0 Å². The van der Waals surface area contributed by atoms with Crippen LogP contribution in [-0.2, 0) is 9.59 Å². The van der Waals surface area contributed by atoms with Gasteiger partial charge in [-0.25, -0.2) is 5.10 Å². The maximum atomic E-state index is 12.6. The number of nitrogens with two attached hydrogens (primary N) is 1. The third-order valence-corrected chi connectivity index (χ3v) is 6.18. The number of thioether (sulfide) groups is 1. The number of carbonyl (C=O) groups excluding carboxylic acids is 2. The molecule has 2 fully saturated rings. The minimum Gasteiger partial charge on any atom is -0.368 e. The first-order valence-corrected chi connectivity index (χ1v) is 10.4. The van der Waals surface area contributed by atoms with E-state index in [1.807, 2.05) is 9.80 Å². The minimum atomic E-state index is 0.0647. The molecular weight excluding hydrogens is 352 g/mol. The van der Waals surface area contributed by atoms with E-state index in [1.165, 1.54) is 11.8 Å². The Bertz CT molecular complexity index is 651. The van der Waals surface area contributed by atoms with Crippen molar-refractivity contribution >= 4 is 29.5 Å². The van der Waals surface area contributed by atoms with E-state index in [4.69, 9.17) is 5.73 Å². The average molecular weight is 381 g/mol. The number of unbranched alkanes of at least 4 members (excludes halogenated alkanes) is 1. The Labute approximate surface area is 158 Å². The number of rotatable bonds is 6. The molecule has 9 heteroatoms. The van der Waals surface area contributed by atoms with Gasteiger partial charge in [-0.2, -0.15) is 4.98 Å². The van der Waals surface area contributed by atoms with Gasteiger partial charge in [0.15, 0.2) is 0 Å². The molecule has 0 saturated carbocycles. The number of aromatic amines is 1. The molecule has 0 radical (unpaired) electrons. The van der Waals surface area contributed by atoms with Gasteiger partial charge in [0.2, 0.25) is 22.9 Å². The second-order valence-corrected chi connectivity index (χ2v) is 8.32. The Balaban J connectivity index is 1.57. The first-order valence-electron chi connectivity index (χ1n) is 9.37. The zero-order valence-electron chi connectivity index (χ0n) is 15.4. The first kappa shape index (κ1) is 19.0. The number of nitrogens with zero attached hydrogens (tertiary/aromatic N) is 4. The van der Waals surface area contributed by atoms with Crippen LogP contribution in [0.15, 0.2) is 5.16 Å². The number of aromatic nitrogens is 3. The van der Waals surface area contributed by atoms with Gasteiger partial charge < -0.3 is 15.5 Å². The lowest BCUT2D eigenvalue weighted by Gasteiger charge is -2.48. The van der Waals surface area contributed by atoms with Crippen LogP contribution >= 0.6 is 11.8 Å². The summed E-state index contributed by atoms with van der Waals surface area (Å²) in [7, 11) is 0. The number of nitrogens with one attached hydrogen (secondary N) is 1. The molecule has 144 valence electrons. The van der Waals surface area contributed by atoms with Crippen LogP contribution in [-0.4, -0.2) is 68.7 Å². The number of anilines is 1. The predicted molar refractivity (Wildman–Crippen MR) is 100 cm³/mol. The topological polar surface area (TPSA) is 108 Å². The van der Waals surface area contributed by atoms with Gasteiger partial charge in [-0.1, -0.05) is 25.1 Å². The van der Waals surface area contributed by atoms with E-state index in [1.54, 1.807) is 0 Å². The maximum Gasteiger partial charge on any atom is 0.233 e. The van der Waals surface area contributed by atoms with Crippen molar-refractivity contribution in [2.24, 2.45) is 5.41 Å². The molecular formula is C17H28N6O2S. The Morgan fingerprint density at radius 1 is 1.38 bits per heavy atom. The van der Waals surface area contributed by atoms with E-state index < -0.39 is 0 Å². The third-order valence-electron chi connectivity index (χ3n) is 5.35. The van der Waals surface area contributed by atoms with Crippen molar-refractivity contribution in [2.45, 2.75) is 50.6 Å². The number of hydrogen-bond donors (Lipinski definition) is 2. The summed E-state index contributed by atoms with van der Waals surface area (Å²) in [6.45, 7) is 5.32. The first-order chi connectivity index (χ1) is 12.5. The van der Waals surface area contributed by atoms with Gasteiger partial charge in [0, 0.05) is 38.0 Å². The number of carbonyl (C=O) groups is 2. The molecule has 3 heterocycles. The fourth-order valence-electron chi connectivity index (χ4n) is 3.95. The quantitative estimate of drug-likeness (QED) is 0.724. The van der Waals surface area contributed by atoms with E-state index in [0.29, 0.717) is 17.3 Å². The molecule has 0 aliphatic carbocycles. The van der Waals surface area contributed by atoms with Gasteiger partial charge in [-0.3, -0.25) is 9.59 Å². The standard InChI is InChI=1S/C17H28N6O2S/c1-2-3-8-22-11-17(7-5-13(22)24)6-4-9-23(12-17)14(25)10-26-16-19-15(18)20-21-16/h2-12H2,1H3,(H3,18,19,20,21)/t17-/m0/s1. The smallest absolute Gasteiger partial charge is 0.233 e. The Morgan fingerprint density at radius 2 is 2.23 bits per heavy atom. The largest absolute Gasteiger partial charge is 0.368 e. The Kier molecular flexibility index (Phi) is 6.05. The van der Waals surface area contributed by atoms with Gasteiger partial charge in [-0.15, -0.1) is 5.10 Å². The van der Waals surface area contributed by atoms with Crippen molar-refractivity contribution < 1.29 is 9.59 Å². The zero-order chi connectivity index (χ0) is 18.6. The molecule has 2 amide bonds. The van der Waals surface area contributed by atoms with Gasteiger partial charge in [0.1, 0.15) is 0 Å². The lowest BCUT2D eigenvalue weighted by Crippen LogP contribution is -2.55. The minimum absolute atomic E-state index is 0.0647. The highest BCUT2D eigenvalue weighted by Gasteiger charge is 2.42. The van der Waals surface area contributed by atoms with E-state index in [2.05, 4.69) is 22.1 Å². The molecule has 2 aliphatic rings. The highest BCUT2D eigenvalue weighted by atomic mass is 32.2. The van der Waals surface area contributed by atoms with Gasteiger partial charge in [0.05, 0.1) is 5.75 Å². The molecule has 26 heavy (non-hydrogen) atoms. The van der Waals surface area contributed by atoms with Crippen LogP contribution in [0.4, 0.5) is 5.95 Å². The molecule has 1 aromatic rings. The van der Waals surface area contributed by atoms with Crippen molar-refractivity contribution in [2.75, 3.05) is 37.7 Å². The maximum absolute atomic E-state index is 12.6. The lowest BCUT2D eigenvalue weighted by molar-refractivity contribution is -0.142. The van der Waals surface area contributed by atoms with Gasteiger partial charge in [0.25, 0.3) is 0 Å². The summed E-state index contributed by atoms with van der Waals surface area (Å²) in [6, 6.07) is 0. The molecule has 1 spiro atoms. The number of amides is 2. The summed E-state index contributed by atoms with van der Waals surface area (Å²) in [5.74, 6) is 0.946. The normalized spacial score (nSPS) is 23.7. The van der Waals surface area contributed by atoms with Crippen molar-refractivity contribution in [1.29, 1.82) is 0 Å². The molecule has 2 aliphatic heterocycles. The van der Waals surface area contributed by atoms with Gasteiger partial charge >= 0.3 is 0 Å². The summed E-state index contributed by atoms with van der Waals surface area (Å²) in [5.41, 5.74) is 5.57. The van der Waals surface area contributed by atoms with Crippen molar-refractivity contribution in [1.82, 2.24) is 25.0 Å². The van der Waals surface area contributed by atoms with Crippen LogP contribution in [0.3, 0.4) is 0 Å². The summed E-state index contributed by atoms with van der Waals surface area (Å²) in [6.07, 6.45) is 5.72. The second-order valence-electron chi connectivity index (χ2n) is 7.38. The second kappa shape index (κ2) is 8.28. The SMILES string of the molecule is CCCCN1C[C@]2(CCCN(C(=O)CSc3n[nH]c(N)n3)C2)CCC1=O. The molecule has 8 nitrogen and oxygen atoms in total. The average Bonchev–Trinajstić information content (AvgIpc) is 3.06. The highest BCUT2D eigenvalue weighted by Crippen LogP contribution is 2.39. The number of piperidine rings is 2. The van der Waals surface area contributed by atoms with Crippen molar-refractivity contribution in [3.05, 3.63) is 0 Å². The molecule has 2 saturated heterocycles. The molecule has 3 rings (SSSR count). The monoisotopic (exact) mass is 380 g/mol. The summed E-state index contributed by atoms with van der Waals surface area (Å²) >= 11 is 1.30. The van der Waals surface area contributed by atoms with E-state index in [-0.39, 0.29) is 23.2 Å². The molecule has 0 aromatic carbocycles. The summed E-state index contributed by atoms with van der Waals surface area (Å²) < 4.78 is 0. The molecule has 1 atom stereocenters. The molecule has 3 N–H and O–H groups in total. The van der Waals surface area contributed by atoms with Gasteiger partial charge in [-0.05, 0) is 25.7 Å².